The van der Waals surface area contributed by atoms with Crippen molar-refractivity contribution in [3.63, 3.8) is 0 Å². The summed E-state index contributed by atoms with van der Waals surface area (Å²) in [7, 11) is 0. The molecule has 0 radical (unpaired) electrons. The highest BCUT2D eigenvalue weighted by molar-refractivity contribution is 6.01. The molecule has 0 spiro atoms. The first-order valence-corrected chi connectivity index (χ1v) is 14.7. The Morgan fingerprint density at radius 3 is 1.60 bits per heavy atom. The van der Waals surface area contributed by atoms with Crippen molar-refractivity contribution in [2.45, 2.75) is 105 Å². The summed E-state index contributed by atoms with van der Waals surface area (Å²) < 4.78 is 0. The molecule has 0 aromatic heterocycles. The number of carboxylic acid groups (broad SMARTS) is 4. The van der Waals surface area contributed by atoms with E-state index in [-0.39, 0.29) is 23.0 Å². The van der Waals surface area contributed by atoms with Gasteiger partial charge in [-0.2, -0.15) is 0 Å². The molecule has 2 rings (SSSR count). The molecule has 1 aliphatic rings. The maximum Gasteiger partial charge on any atom is 0.336 e. The minimum Gasteiger partial charge on any atom is -0.481 e. The Morgan fingerprint density at radius 2 is 1.23 bits per heavy atom. The van der Waals surface area contributed by atoms with Gasteiger partial charge in [0.1, 0.15) is 5.41 Å². The molecule has 4 unspecified atom stereocenters. The molecule has 1 aliphatic carbocycles. The van der Waals surface area contributed by atoms with Gasteiger partial charge in [-0.25, -0.2) is 9.59 Å². The summed E-state index contributed by atoms with van der Waals surface area (Å²) in [6.07, 6.45) is 13.7. The highest BCUT2D eigenvalue weighted by atomic mass is 16.4. The van der Waals surface area contributed by atoms with Crippen LogP contribution in [-0.2, 0) is 9.59 Å². The van der Waals surface area contributed by atoms with E-state index >= 15 is 0 Å². The Bertz CT molecular complexity index is 983. The summed E-state index contributed by atoms with van der Waals surface area (Å²) in [5.41, 5.74) is -2.89. The number of allylic oxidation sites excluding steroid dienone is 1. The van der Waals surface area contributed by atoms with E-state index in [1.807, 2.05) is 6.08 Å². The lowest BCUT2D eigenvalue weighted by Gasteiger charge is -2.48. The molecule has 0 aliphatic heterocycles. The van der Waals surface area contributed by atoms with Crippen molar-refractivity contribution in [2.24, 2.45) is 22.7 Å². The first-order valence-electron chi connectivity index (χ1n) is 14.7. The zero-order valence-corrected chi connectivity index (χ0v) is 24.5. The molecule has 4 N–H and O–H groups in total. The standard InChI is InChI=1S/C24H42O4.C8H6O4/c1-5-9-13-19(7-3)17-23(21(25)26)15-11-12-16-24(23,22(27)28)18-20(8-4)14-10-6-2;9-7(10)5-3-1-2-4-6(5)8(11)12/h11,15,19-20H,5-10,12-14,16-18H2,1-4H3,(H,25,26)(H,27,28);1-4H,(H,9,10)(H,11,12). The predicted molar refractivity (Wildman–Crippen MR) is 155 cm³/mol. The lowest BCUT2D eigenvalue weighted by molar-refractivity contribution is -0.175. The SMILES string of the molecule is CCCCC(CC)CC1(C(=O)O)C=CCCC1(CC(CC)CCCC)C(=O)O.O=C(O)c1ccccc1C(=O)O. The summed E-state index contributed by atoms with van der Waals surface area (Å²) in [6, 6.07) is 5.48. The van der Waals surface area contributed by atoms with Crippen LogP contribution in [0.4, 0.5) is 0 Å². The number of carbonyl (C=O) groups is 4. The predicted octanol–water partition coefficient (Wildman–Crippen LogP) is 7.77. The average molecular weight is 561 g/mol. The van der Waals surface area contributed by atoms with Crippen LogP contribution in [0.25, 0.3) is 0 Å². The molecular formula is C32H48O8. The number of aromatic carboxylic acids is 2. The second-order valence-electron chi connectivity index (χ2n) is 11.0. The van der Waals surface area contributed by atoms with Gasteiger partial charge in [-0.1, -0.05) is 103 Å². The average Bonchev–Trinajstić information content (AvgIpc) is 2.93. The number of unbranched alkanes of at least 4 members (excludes halogenated alkanes) is 2. The molecule has 224 valence electrons. The second kappa shape index (κ2) is 16.8. The van der Waals surface area contributed by atoms with Crippen LogP contribution in [0, 0.1) is 22.7 Å². The van der Waals surface area contributed by atoms with Crippen LogP contribution < -0.4 is 0 Å². The lowest BCUT2D eigenvalue weighted by atomic mass is 9.52. The van der Waals surface area contributed by atoms with Gasteiger partial charge in [-0.3, -0.25) is 9.59 Å². The molecule has 1 aromatic carbocycles. The van der Waals surface area contributed by atoms with Gasteiger partial charge in [0.25, 0.3) is 0 Å². The molecule has 0 heterocycles. The number of rotatable bonds is 16. The van der Waals surface area contributed by atoms with Crippen molar-refractivity contribution in [3.8, 4) is 0 Å². The highest BCUT2D eigenvalue weighted by Gasteiger charge is 2.61. The zero-order valence-electron chi connectivity index (χ0n) is 24.5. The second-order valence-corrected chi connectivity index (χ2v) is 11.0. The minimum atomic E-state index is -1.30. The molecule has 8 heteroatoms. The number of aliphatic carboxylic acids is 2. The smallest absolute Gasteiger partial charge is 0.336 e. The maximum absolute atomic E-state index is 12.7. The molecule has 8 nitrogen and oxygen atoms in total. The van der Waals surface area contributed by atoms with Crippen molar-refractivity contribution in [2.75, 3.05) is 0 Å². The topological polar surface area (TPSA) is 149 Å². The number of benzene rings is 1. The summed E-state index contributed by atoms with van der Waals surface area (Å²) in [4.78, 5) is 46.3. The van der Waals surface area contributed by atoms with Crippen LogP contribution in [-0.4, -0.2) is 44.3 Å². The highest BCUT2D eigenvalue weighted by Crippen LogP contribution is 2.56. The Morgan fingerprint density at radius 1 is 0.750 bits per heavy atom. The largest absolute Gasteiger partial charge is 0.481 e. The monoisotopic (exact) mass is 560 g/mol. The zero-order chi connectivity index (χ0) is 30.3. The summed E-state index contributed by atoms with van der Waals surface area (Å²) in [6.45, 7) is 8.49. The van der Waals surface area contributed by atoms with Crippen molar-refractivity contribution < 1.29 is 39.6 Å². The quantitative estimate of drug-likeness (QED) is 0.150. The Labute approximate surface area is 238 Å². The van der Waals surface area contributed by atoms with Gasteiger partial charge in [0, 0.05) is 0 Å². The third kappa shape index (κ3) is 8.67. The first-order chi connectivity index (χ1) is 19.0. The first kappa shape index (κ1) is 34.9. The van der Waals surface area contributed by atoms with E-state index in [9.17, 15) is 29.4 Å². The molecule has 0 amide bonds. The van der Waals surface area contributed by atoms with Gasteiger partial charge in [-0.05, 0) is 49.7 Å². The lowest BCUT2D eigenvalue weighted by Crippen LogP contribution is -2.54. The fraction of sp³-hybridized carbons (Fsp3) is 0.625. The molecule has 0 saturated carbocycles. The van der Waals surface area contributed by atoms with Crippen molar-refractivity contribution in [3.05, 3.63) is 47.5 Å². The van der Waals surface area contributed by atoms with Crippen molar-refractivity contribution >= 4 is 23.9 Å². The van der Waals surface area contributed by atoms with E-state index in [4.69, 9.17) is 10.2 Å². The maximum atomic E-state index is 12.7. The third-order valence-electron chi connectivity index (χ3n) is 8.51. The van der Waals surface area contributed by atoms with Crippen LogP contribution in [0.15, 0.2) is 36.4 Å². The molecule has 0 fully saturated rings. The third-order valence-corrected chi connectivity index (χ3v) is 8.51. The van der Waals surface area contributed by atoms with E-state index in [1.54, 1.807) is 6.08 Å². The van der Waals surface area contributed by atoms with Crippen LogP contribution in [0.3, 0.4) is 0 Å². The molecule has 1 aromatic rings. The fourth-order valence-electron chi connectivity index (χ4n) is 5.98. The normalized spacial score (nSPS) is 21.5. The van der Waals surface area contributed by atoms with Crippen LogP contribution in [0.5, 0.6) is 0 Å². The van der Waals surface area contributed by atoms with Crippen LogP contribution in [0.2, 0.25) is 0 Å². The number of hydrogen-bond donors (Lipinski definition) is 4. The number of carboxylic acids is 4. The Hall–Kier alpha value is -3.16. The summed E-state index contributed by atoms with van der Waals surface area (Å²) in [5.74, 6) is -3.82. The van der Waals surface area contributed by atoms with Crippen molar-refractivity contribution in [1.29, 1.82) is 0 Å². The van der Waals surface area contributed by atoms with E-state index < -0.39 is 34.7 Å². The van der Waals surface area contributed by atoms with Crippen LogP contribution >= 0.6 is 0 Å². The minimum absolute atomic E-state index is 0.190. The fourth-order valence-corrected chi connectivity index (χ4v) is 5.98. The van der Waals surface area contributed by atoms with Gasteiger partial charge >= 0.3 is 23.9 Å². The van der Waals surface area contributed by atoms with E-state index in [2.05, 4.69) is 27.7 Å². The summed E-state index contributed by atoms with van der Waals surface area (Å²) >= 11 is 0. The Balaban J connectivity index is 0.000000552. The van der Waals surface area contributed by atoms with Gasteiger partial charge in [-0.15, -0.1) is 0 Å². The Kier molecular flexibility index (Phi) is 14.7. The van der Waals surface area contributed by atoms with Gasteiger partial charge in [0.05, 0.1) is 16.5 Å². The van der Waals surface area contributed by atoms with E-state index in [0.29, 0.717) is 25.7 Å². The molecule has 40 heavy (non-hydrogen) atoms. The summed E-state index contributed by atoms with van der Waals surface area (Å²) in [5, 5.41) is 37.9. The number of hydrogen-bond acceptors (Lipinski definition) is 4. The molecule has 0 saturated heterocycles. The van der Waals surface area contributed by atoms with E-state index in [0.717, 1.165) is 51.4 Å². The van der Waals surface area contributed by atoms with Gasteiger partial charge < -0.3 is 20.4 Å². The van der Waals surface area contributed by atoms with Gasteiger partial charge in [0.15, 0.2) is 0 Å². The molecular weight excluding hydrogens is 512 g/mol. The van der Waals surface area contributed by atoms with Gasteiger partial charge in [0.2, 0.25) is 0 Å². The van der Waals surface area contributed by atoms with E-state index in [1.165, 1.54) is 24.3 Å². The molecule has 4 atom stereocenters. The van der Waals surface area contributed by atoms with Crippen LogP contribution in [0.1, 0.15) is 125 Å². The molecule has 0 bridgehead atoms. The van der Waals surface area contributed by atoms with Crippen molar-refractivity contribution in [1.82, 2.24) is 0 Å².